The summed E-state index contributed by atoms with van der Waals surface area (Å²) in [5, 5.41) is 10.2. The minimum Gasteiger partial charge on any atom is -0.497 e. The van der Waals surface area contributed by atoms with Crippen molar-refractivity contribution in [2.75, 3.05) is 44.8 Å². The van der Waals surface area contributed by atoms with E-state index in [4.69, 9.17) is 9.15 Å². The number of nitrogens with zero attached hydrogens (tertiary/aromatic N) is 2. The summed E-state index contributed by atoms with van der Waals surface area (Å²) in [7, 11) is 1.63. The third kappa shape index (κ3) is 3.93. The normalized spacial score (nSPS) is 18.3. The van der Waals surface area contributed by atoms with Crippen LogP contribution in [0.1, 0.15) is 12.8 Å². The monoisotopic (exact) mass is 420 g/mol. The van der Waals surface area contributed by atoms with E-state index in [-0.39, 0.29) is 5.63 Å². The molecule has 0 radical (unpaired) electrons. The molecule has 5 rings (SSSR count). The first-order valence-corrected chi connectivity index (χ1v) is 11.0. The van der Waals surface area contributed by atoms with Gasteiger partial charge in [0.2, 0.25) is 0 Å². The van der Waals surface area contributed by atoms with E-state index in [1.54, 1.807) is 25.3 Å². The molecule has 1 N–H and O–H groups in total. The molecule has 2 aliphatic rings. The Morgan fingerprint density at radius 2 is 1.81 bits per heavy atom. The van der Waals surface area contributed by atoms with Crippen molar-refractivity contribution in [3.63, 3.8) is 0 Å². The van der Waals surface area contributed by atoms with E-state index in [1.165, 1.54) is 5.69 Å². The highest BCUT2D eigenvalue weighted by molar-refractivity contribution is 5.94. The van der Waals surface area contributed by atoms with Crippen molar-refractivity contribution in [3.8, 4) is 16.9 Å². The second-order valence-electron chi connectivity index (χ2n) is 8.61. The van der Waals surface area contributed by atoms with Gasteiger partial charge in [0.15, 0.2) is 0 Å². The van der Waals surface area contributed by atoms with Crippen molar-refractivity contribution in [2.24, 2.45) is 5.92 Å². The number of rotatable bonds is 5. The summed E-state index contributed by atoms with van der Waals surface area (Å²) < 4.78 is 10.7. The van der Waals surface area contributed by atoms with E-state index < -0.39 is 0 Å². The van der Waals surface area contributed by atoms with Crippen molar-refractivity contribution < 1.29 is 14.3 Å². The van der Waals surface area contributed by atoms with E-state index >= 15 is 0 Å². The number of fused-ring (bicyclic) bond motifs is 1. The molecule has 0 aliphatic carbocycles. The number of hydrogen-bond donors (Lipinski definition) is 1. The third-order valence-electron chi connectivity index (χ3n) is 6.78. The molecule has 31 heavy (non-hydrogen) atoms. The summed E-state index contributed by atoms with van der Waals surface area (Å²) in [5.74, 6) is 1.21. The number of aliphatic hydroxyl groups excluding tert-OH is 1. The van der Waals surface area contributed by atoms with Gasteiger partial charge in [-0.2, -0.15) is 0 Å². The minimum atomic E-state index is -0.354. The summed E-state index contributed by atoms with van der Waals surface area (Å²) in [6.45, 7) is 4.59. The summed E-state index contributed by atoms with van der Waals surface area (Å²) in [4.78, 5) is 17.0. The molecule has 0 bridgehead atoms. The summed E-state index contributed by atoms with van der Waals surface area (Å²) in [5.41, 5.74) is 3.24. The molecular weight excluding hydrogens is 392 g/mol. The maximum atomic E-state index is 12.1. The van der Waals surface area contributed by atoms with Gasteiger partial charge in [0, 0.05) is 42.9 Å². The number of hydrogen-bond acceptors (Lipinski definition) is 6. The maximum Gasteiger partial charge on any atom is 0.336 e. The zero-order chi connectivity index (χ0) is 21.4. The highest BCUT2D eigenvalue weighted by Gasteiger charge is 2.33. The van der Waals surface area contributed by atoms with Gasteiger partial charge in [0.25, 0.3) is 0 Å². The lowest BCUT2D eigenvalue weighted by Crippen LogP contribution is -2.61. The molecule has 1 aromatic heterocycles. The number of aliphatic hydroxyl groups is 1. The molecule has 6 heteroatoms. The Balaban J connectivity index is 1.31. The zero-order valence-electron chi connectivity index (χ0n) is 17.8. The van der Waals surface area contributed by atoms with E-state index in [0.717, 1.165) is 61.3 Å². The van der Waals surface area contributed by atoms with Crippen molar-refractivity contribution >= 4 is 16.7 Å². The Hall–Kier alpha value is -2.83. The second kappa shape index (κ2) is 8.36. The van der Waals surface area contributed by atoms with Gasteiger partial charge in [-0.05, 0) is 73.3 Å². The van der Waals surface area contributed by atoms with Crippen LogP contribution in [0.15, 0.2) is 57.7 Å². The summed E-state index contributed by atoms with van der Waals surface area (Å²) in [6.07, 6.45) is 2.21. The minimum absolute atomic E-state index is 0.322. The zero-order valence-corrected chi connectivity index (χ0v) is 17.8. The van der Waals surface area contributed by atoms with Crippen LogP contribution in [0.3, 0.4) is 0 Å². The van der Waals surface area contributed by atoms with Crippen molar-refractivity contribution in [1.29, 1.82) is 0 Å². The Labute approximate surface area is 181 Å². The lowest BCUT2D eigenvalue weighted by molar-refractivity contribution is 0.0880. The quantitative estimate of drug-likeness (QED) is 0.639. The first-order valence-electron chi connectivity index (χ1n) is 11.0. The van der Waals surface area contributed by atoms with Crippen LogP contribution in [-0.2, 0) is 0 Å². The smallest absolute Gasteiger partial charge is 0.336 e. The van der Waals surface area contributed by atoms with Crippen LogP contribution in [-0.4, -0.2) is 55.9 Å². The molecule has 0 saturated carbocycles. The predicted molar refractivity (Wildman–Crippen MR) is 122 cm³/mol. The fourth-order valence-corrected chi connectivity index (χ4v) is 4.76. The SMILES string of the molecule is COc1ccc2oc(=O)cc(-c3ccc(N4CC(N5CCC(CO)CC5)C4)cc3)c2c1. The fraction of sp³-hybridized carbons (Fsp3) is 0.400. The highest BCUT2D eigenvalue weighted by Crippen LogP contribution is 2.33. The van der Waals surface area contributed by atoms with Crippen LogP contribution in [0.4, 0.5) is 5.69 Å². The number of benzene rings is 2. The molecule has 0 spiro atoms. The van der Waals surface area contributed by atoms with Crippen molar-refractivity contribution in [1.82, 2.24) is 4.90 Å². The van der Waals surface area contributed by atoms with E-state index in [0.29, 0.717) is 24.1 Å². The fourth-order valence-electron chi connectivity index (χ4n) is 4.76. The topological polar surface area (TPSA) is 66.2 Å². The van der Waals surface area contributed by atoms with Crippen LogP contribution in [0, 0.1) is 5.92 Å². The molecule has 0 atom stereocenters. The van der Waals surface area contributed by atoms with Crippen LogP contribution in [0.5, 0.6) is 5.75 Å². The largest absolute Gasteiger partial charge is 0.497 e. The third-order valence-corrected chi connectivity index (χ3v) is 6.78. The van der Waals surface area contributed by atoms with Crippen LogP contribution >= 0.6 is 0 Å². The van der Waals surface area contributed by atoms with E-state index in [1.807, 2.05) is 6.07 Å². The van der Waals surface area contributed by atoms with Gasteiger partial charge in [-0.3, -0.25) is 4.90 Å². The number of ether oxygens (including phenoxy) is 1. The maximum absolute atomic E-state index is 12.1. The second-order valence-corrected chi connectivity index (χ2v) is 8.61. The first-order chi connectivity index (χ1) is 15.1. The van der Waals surface area contributed by atoms with Crippen LogP contribution < -0.4 is 15.3 Å². The Morgan fingerprint density at radius 3 is 2.48 bits per heavy atom. The van der Waals surface area contributed by atoms with Crippen molar-refractivity contribution in [3.05, 3.63) is 59.0 Å². The van der Waals surface area contributed by atoms with Gasteiger partial charge in [-0.1, -0.05) is 12.1 Å². The average Bonchev–Trinajstić information content (AvgIpc) is 2.78. The van der Waals surface area contributed by atoms with Gasteiger partial charge < -0.3 is 19.2 Å². The lowest BCUT2D eigenvalue weighted by atomic mass is 9.94. The number of methoxy groups -OCH3 is 1. The lowest BCUT2D eigenvalue weighted by Gasteiger charge is -2.48. The Morgan fingerprint density at radius 1 is 1.06 bits per heavy atom. The number of likely N-dealkylation sites (tertiary alicyclic amines) is 1. The van der Waals surface area contributed by atoms with Crippen LogP contribution in [0.2, 0.25) is 0 Å². The molecule has 6 nitrogen and oxygen atoms in total. The molecule has 0 unspecified atom stereocenters. The van der Waals surface area contributed by atoms with Crippen LogP contribution in [0.25, 0.3) is 22.1 Å². The predicted octanol–water partition coefficient (Wildman–Crippen LogP) is 3.36. The molecule has 2 aromatic carbocycles. The molecule has 3 heterocycles. The van der Waals surface area contributed by atoms with E-state index in [2.05, 4.69) is 34.1 Å². The first kappa shape index (κ1) is 20.1. The average molecular weight is 421 g/mol. The molecule has 162 valence electrons. The van der Waals surface area contributed by atoms with Gasteiger partial charge in [0.1, 0.15) is 11.3 Å². The van der Waals surface area contributed by atoms with Crippen molar-refractivity contribution in [2.45, 2.75) is 18.9 Å². The van der Waals surface area contributed by atoms with E-state index in [9.17, 15) is 9.90 Å². The number of anilines is 1. The molecule has 0 amide bonds. The summed E-state index contributed by atoms with van der Waals surface area (Å²) >= 11 is 0. The molecule has 2 fully saturated rings. The Bertz CT molecular complexity index is 1110. The highest BCUT2D eigenvalue weighted by atomic mass is 16.5. The molecular formula is C25H28N2O4. The van der Waals surface area contributed by atoms with Gasteiger partial charge in [-0.15, -0.1) is 0 Å². The molecule has 3 aromatic rings. The summed E-state index contributed by atoms with van der Waals surface area (Å²) in [6, 6.07) is 16.0. The van der Waals surface area contributed by atoms with Gasteiger partial charge in [0.05, 0.1) is 7.11 Å². The number of piperidine rings is 1. The van der Waals surface area contributed by atoms with Gasteiger partial charge in [-0.25, -0.2) is 4.79 Å². The molecule has 2 saturated heterocycles. The Kier molecular flexibility index (Phi) is 5.42. The van der Waals surface area contributed by atoms with Gasteiger partial charge >= 0.3 is 5.63 Å². The molecule has 2 aliphatic heterocycles. The standard InChI is InChI=1S/C25H28N2O4/c1-30-21-6-7-24-23(12-21)22(13-25(29)31-24)18-2-4-19(5-3-18)27-14-20(15-27)26-10-8-17(16-28)9-11-26/h2-7,12-13,17,20,28H,8-11,14-16H2,1H3.